The monoisotopic (exact) mass is 364 g/mol. The number of hydrogen-bond donors (Lipinski definition) is 0. The van der Waals surface area contributed by atoms with Gasteiger partial charge in [0.1, 0.15) is 11.6 Å². The Hall–Kier alpha value is -2.95. The second-order valence-corrected chi connectivity index (χ2v) is 6.93. The standard InChI is InChI=1S/C22H21FN2O2/c23-18-6-8-19(9-7-18)27-15-16-3-2-12-25(14-16)22(26)21-5-1-4-17-13-24-11-10-20(17)21/h1,4-11,13,16H,2-3,12,14-15H2/t16-/m1/s1. The zero-order valence-corrected chi connectivity index (χ0v) is 15.0. The number of benzene rings is 2. The summed E-state index contributed by atoms with van der Waals surface area (Å²) in [7, 11) is 0. The minimum atomic E-state index is -0.276. The first-order valence-electron chi connectivity index (χ1n) is 9.21. The van der Waals surface area contributed by atoms with Crippen LogP contribution in [0.1, 0.15) is 23.2 Å². The molecule has 0 N–H and O–H groups in total. The maximum absolute atomic E-state index is 13.1. The van der Waals surface area contributed by atoms with Gasteiger partial charge in [0.05, 0.1) is 6.61 Å². The fourth-order valence-electron chi connectivity index (χ4n) is 3.61. The van der Waals surface area contributed by atoms with Crippen molar-refractivity contribution in [3.05, 3.63) is 72.3 Å². The van der Waals surface area contributed by atoms with Gasteiger partial charge in [0.2, 0.25) is 0 Å². The fraction of sp³-hybridized carbons (Fsp3) is 0.273. The summed E-state index contributed by atoms with van der Waals surface area (Å²) in [5.74, 6) is 0.700. The third-order valence-electron chi connectivity index (χ3n) is 5.02. The number of hydrogen-bond acceptors (Lipinski definition) is 3. The number of fused-ring (bicyclic) bond motifs is 1. The Bertz CT molecular complexity index is 937. The summed E-state index contributed by atoms with van der Waals surface area (Å²) in [6.07, 6.45) is 5.47. The van der Waals surface area contributed by atoms with Crippen LogP contribution in [0.3, 0.4) is 0 Å². The molecule has 3 aromatic rings. The lowest BCUT2D eigenvalue weighted by Crippen LogP contribution is -2.41. The van der Waals surface area contributed by atoms with Crippen molar-refractivity contribution < 1.29 is 13.9 Å². The van der Waals surface area contributed by atoms with Crippen LogP contribution in [0, 0.1) is 11.7 Å². The maximum Gasteiger partial charge on any atom is 0.254 e. The molecule has 1 aliphatic rings. The average molecular weight is 364 g/mol. The van der Waals surface area contributed by atoms with Gasteiger partial charge < -0.3 is 9.64 Å². The van der Waals surface area contributed by atoms with Gasteiger partial charge >= 0.3 is 0 Å². The normalized spacial score (nSPS) is 17.1. The van der Waals surface area contributed by atoms with Crippen molar-refractivity contribution in [1.82, 2.24) is 9.88 Å². The number of amides is 1. The number of piperidine rings is 1. The molecule has 1 aromatic heterocycles. The van der Waals surface area contributed by atoms with Crippen molar-refractivity contribution in [2.75, 3.05) is 19.7 Å². The van der Waals surface area contributed by atoms with E-state index in [4.69, 9.17) is 4.74 Å². The van der Waals surface area contributed by atoms with E-state index in [0.717, 1.165) is 35.7 Å². The van der Waals surface area contributed by atoms with Gasteiger partial charge in [-0.25, -0.2) is 4.39 Å². The molecule has 0 bridgehead atoms. The van der Waals surface area contributed by atoms with E-state index >= 15 is 0 Å². The topological polar surface area (TPSA) is 42.4 Å². The number of carbonyl (C=O) groups is 1. The first-order valence-corrected chi connectivity index (χ1v) is 9.21. The predicted octanol–water partition coefficient (Wildman–Crippen LogP) is 4.31. The highest BCUT2D eigenvalue weighted by atomic mass is 19.1. The van der Waals surface area contributed by atoms with Gasteiger partial charge in [0.15, 0.2) is 0 Å². The second kappa shape index (κ2) is 7.74. The number of aromatic nitrogens is 1. The molecule has 5 heteroatoms. The highest BCUT2D eigenvalue weighted by molar-refractivity contribution is 6.06. The van der Waals surface area contributed by atoms with Crippen molar-refractivity contribution in [2.24, 2.45) is 5.92 Å². The lowest BCUT2D eigenvalue weighted by Gasteiger charge is -2.33. The molecule has 0 unspecified atom stereocenters. The van der Waals surface area contributed by atoms with Crippen molar-refractivity contribution in [1.29, 1.82) is 0 Å². The first-order chi connectivity index (χ1) is 13.2. The van der Waals surface area contributed by atoms with Crippen LogP contribution in [0.2, 0.25) is 0 Å². The minimum Gasteiger partial charge on any atom is -0.493 e. The molecule has 0 spiro atoms. The Morgan fingerprint density at radius 1 is 1.19 bits per heavy atom. The zero-order valence-electron chi connectivity index (χ0n) is 15.0. The number of nitrogens with zero attached hydrogens (tertiary/aromatic N) is 2. The van der Waals surface area contributed by atoms with E-state index in [-0.39, 0.29) is 17.6 Å². The lowest BCUT2D eigenvalue weighted by atomic mass is 9.97. The fourth-order valence-corrected chi connectivity index (χ4v) is 3.61. The van der Waals surface area contributed by atoms with E-state index in [2.05, 4.69) is 4.98 Å². The van der Waals surface area contributed by atoms with Crippen LogP contribution in [0.25, 0.3) is 10.8 Å². The molecular weight excluding hydrogens is 343 g/mol. The van der Waals surface area contributed by atoms with E-state index in [0.29, 0.717) is 18.9 Å². The van der Waals surface area contributed by atoms with Crippen molar-refractivity contribution >= 4 is 16.7 Å². The molecule has 1 saturated heterocycles. The van der Waals surface area contributed by atoms with Gasteiger partial charge in [0.25, 0.3) is 5.91 Å². The van der Waals surface area contributed by atoms with Crippen LogP contribution in [0.4, 0.5) is 4.39 Å². The van der Waals surface area contributed by atoms with Crippen LogP contribution in [-0.4, -0.2) is 35.5 Å². The summed E-state index contributed by atoms with van der Waals surface area (Å²) in [5, 5.41) is 1.90. The van der Waals surface area contributed by atoms with Crippen LogP contribution < -0.4 is 4.74 Å². The number of carbonyl (C=O) groups excluding carboxylic acids is 1. The third-order valence-corrected chi connectivity index (χ3v) is 5.02. The van der Waals surface area contributed by atoms with E-state index in [9.17, 15) is 9.18 Å². The van der Waals surface area contributed by atoms with Gasteiger partial charge in [0, 0.05) is 42.4 Å². The molecule has 1 fully saturated rings. The molecule has 138 valence electrons. The van der Waals surface area contributed by atoms with Crippen LogP contribution in [-0.2, 0) is 0 Å². The molecule has 2 aromatic carbocycles. The lowest BCUT2D eigenvalue weighted by molar-refractivity contribution is 0.0635. The number of halogens is 1. The van der Waals surface area contributed by atoms with Crippen molar-refractivity contribution in [3.63, 3.8) is 0 Å². The molecule has 1 amide bonds. The van der Waals surface area contributed by atoms with Gasteiger partial charge in [-0.05, 0) is 54.6 Å². The number of pyridine rings is 1. The van der Waals surface area contributed by atoms with Crippen molar-refractivity contribution in [2.45, 2.75) is 12.8 Å². The van der Waals surface area contributed by atoms with Crippen molar-refractivity contribution in [3.8, 4) is 5.75 Å². The number of rotatable bonds is 4. The Labute approximate surface area is 157 Å². The number of likely N-dealkylation sites (tertiary alicyclic amines) is 1. The quantitative estimate of drug-likeness (QED) is 0.693. The summed E-state index contributed by atoms with van der Waals surface area (Å²) < 4.78 is 18.8. The Morgan fingerprint density at radius 2 is 2.04 bits per heavy atom. The maximum atomic E-state index is 13.1. The number of ether oxygens (including phenoxy) is 1. The summed E-state index contributed by atoms with van der Waals surface area (Å²) in [5.41, 5.74) is 0.718. The van der Waals surface area contributed by atoms with E-state index in [1.807, 2.05) is 29.2 Å². The van der Waals surface area contributed by atoms with Gasteiger partial charge in [-0.2, -0.15) is 0 Å². The summed E-state index contributed by atoms with van der Waals surface area (Å²) in [6.45, 7) is 1.95. The highest BCUT2D eigenvalue weighted by Crippen LogP contribution is 2.24. The molecule has 4 nitrogen and oxygen atoms in total. The molecule has 1 aliphatic heterocycles. The Balaban J connectivity index is 1.44. The summed E-state index contributed by atoms with van der Waals surface area (Å²) in [6, 6.07) is 13.7. The third kappa shape index (κ3) is 3.92. The molecule has 0 saturated carbocycles. The van der Waals surface area contributed by atoms with Crippen LogP contribution in [0.15, 0.2) is 60.9 Å². The van der Waals surface area contributed by atoms with Gasteiger partial charge in [-0.15, -0.1) is 0 Å². The Morgan fingerprint density at radius 3 is 2.89 bits per heavy atom. The van der Waals surface area contributed by atoms with E-state index in [1.165, 1.54) is 12.1 Å². The van der Waals surface area contributed by atoms with Gasteiger partial charge in [-0.3, -0.25) is 9.78 Å². The molecular formula is C22H21FN2O2. The van der Waals surface area contributed by atoms with Crippen LogP contribution >= 0.6 is 0 Å². The molecule has 4 rings (SSSR count). The molecule has 1 atom stereocenters. The molecule has 0 aliphatic carbocycles. The van der Waals surface area contributed by atoms with E-state index < -0.39 is 0 Å². The van der Waals surface area contributed by atoms with Crippen LogP contribution in [0.5, 0.6) is 5.75 Å². The van der Waals surface area contributed by atoms with E-state index in [1.54, 1.807) is 24.5 Å². The minimum absolute atomic E-state index is 0.0540. The summed E-state index contributed by atoms with van der Waals surface area (Å²) in [4.78, 5) is 19.1. The average Bonchev–Trinajstić information content (AvgIpc) is 2.72. The molecule has 0 radical (unpaired) electrons. The highest BCUT2D eigenvalue weighted by Gasteiger charge is 2.25. The SMILES string of the molecule is O=C(c1cccc2cnccc12)N1CCC[C@@H](COc2ccc(F)cc2)C1. The zero-order chi connectivity index (χ0) is 18.6. The second-order valence-electron chi connectivity index (χ2n) is 6.93. The molecule has 2 heterocycles. The smallest absolute Gasteiger partial charge is 0.254 e. The predicted molar refractivity (Wildman–Crippen MR) is 102 cm³/mol. The summed E-state index contributed by atoms with van der Waals surface area (Å²) >= 11 is 0. The Kier molecular flexibility index (Phi) is 5.01. The first kappa shape index (κ1) is 17.5. The molecule has 27 heavy (non-hydrogen) atoms. The largest absolute Gasteiger partial charge is 0.493 e. The van der Waals surface area contributed by atoms with Gasteiger partial charge in [-0.1, -0.05) is 12.1 Å².